The average Bonchev–Trinajstić information content (AvgIpc) is 3.78. The minimum absolute atomic E-state index is 0.944. The highest BCUT2D eigenvalue weighted by Crippen LogP contribution is 2.44. The normalized spacial score (nSPS) is 12.2. The quantitative estimate of drug-likeness (QED) is 0.202. The van der Waals surface area contributed by atoms with Gasteiger partial charge in [-0.1, -0.05) is 60.7 Å². The lowest BCUT2D eigenvalue weighted by atomic mass is 10.0. The molecule has 43 heavy (non-hydrogen) atoms. The molecule has 10 rings (SSSR count). The van der Waals surface area contributed by atoms with Gasteiger partial charge in [-0.15, -0.1) is 0 Å². The largest absolute Gasteiger partial charge is 0.309 e. The van der Waals surface area contributed by atoms with E-state index in [1.807, 2.05) is 18.6 Å². The van der Waals surface area contributed by atoms with Gasteiger partial charge in [-0.05, 0) is 54.6 Å². The van der Waals surface area contributed by atoms with Crippen molar-refractivity contribution >= 4 is 70.9 Å². The number of pyridine rings is 2. The van der Waals surface area contributed by atoms with Crippen molar-refractivity contribution in [1.82, 2.24) is 23.5 Å². The Hall–Kier alpha value is -5.94. The first-order valence-corrected chi connectivity index (χ1v) is 14.5. The Kier molecular flexibility index (Phi) is 4.39. The molecule has 5 aromatic heterocycles. The topological polar surface area (TPSA) is 40.1 Å². The SMILES string of the molecule is c1ccc(-n2c3ccccc3c3c2ccc2c4c(ccc5c6cnccc6c6nccn6c54)n(-c4ccccc4)c23)cc1. The second-order valence-electron chi connectivity index (χ2n) is 11.1. The predicted octanol–water partition coefficient (Wildman–Crippen LogP) is 9.23. The minimum Gasteiger partial charge on any atom is -0.309 e. The maximum absolute atomic E-state index is 4.80. The maximum Gasteiger partial charge on any atom is 0.145 e. The second kappa shape index (κ2) is 8.30. The monoisotopic (exact) mass is 549 g/mol. The zero-order chi connectivity index (χ0) is 28.1. The van der Waals surface area contributed by atoms with Crippen LogP contribution in [0.5, 0.6) is 0 Å². The number of nitrogens with zero attached hydrogens (tertiary/aromatic N) is 5. The Labute approximate surface area is 245 Å². The Morgan fingerprint density at radius 3 is 1.93 bits per heavy atom. The van der Waals surface area contributed by atoms with Crippen molar-refractivity contribution in [3.05, 3.63) is 140 Å². The van der Waals surface area contributed by atoms with Crippen LogP contribution >= 0.6 is 0 Å². The van der Waals surface area contributed by atoms with Crippen LogP contribution in [0, 0.1) is 0 Å². The molecule has 0 unspecified atom stereocenters. The zero-order valence-electron chi connectivity index (χ0n) is 23.0. The van der Waals surface area contributed by atoms with Gasteiger partial charge in [0.2, 0.25) is 0 Å². The lowest BCUT2D eigenvalue weighted by Gasteiger charge is -2.11. The van der Waals surface area contributed by atoms with Gasteiger partial charge in [0.1, 0.15) is 5.65 Å². The molecule has 0 saturated carbocycles. The number of rotatable bonds is 2. The Morgan fingerprint density at radius 1 is 0.442 bits per heavy atom. The summed E-state index contributed by atoms with van der Waals surface area (Å²) in [5, 5.41) is 8.29. The van der Waals surface area contributed by atoms with E-state index in [2.05, 4.69) is 140 Å². The third kappa shape index (κ3) is 2.90. The molecule has 5 heterocycles. The number of fused-ring (bicyclic) bond motifs is 14. The van der Waals surface area contributed by atoms with E-state index in [9.17, 15) is 0 Å². The number of imidazole rings is 1. The highest BCUT2D eigenvalue weighted by molar-refractivity contribution is 6.31. The summed E-state index contributed by atoms with van der Waals surface area (Å²) < 4.78 is 7.10. The van der Waals surface area contributed by atoms with Gasteiger partial charge in [0, 0.05) is 73.9 Å². The van der Waals surface area contributed by atoms with E-state index in [1.165, 1.54) is 43.5 Å². The molecule has 0 N–H and O–H groups in total. The Balaban J connectivity index is 1.51. The highest BCUT2D eigenvalue weighted by Gasteiger charge is 2.23. The molecule has 0 aliphatic rings. The van der Waals surface area contributed by atoms with E-state index >= 15 is 0 Å². The van der Waals surface area contributed by atoms with Gasteiger partial charge in [0.25, 0.3) is 0 Å². The predicted molar refractivity (Wildman–Crippen MR) is 177 cm³/mol. The van der Waals surface area contributed by atoms with Gasteiger partial charge in [0.05, 0.1) is 27.6 Å². The molecule has 0 atom stereocenters. The molecule has 5 nitrogen and oxygen atoms in total. The molecule has 0 saturated heterocycles. The summed E-state index contributed by atoms with van der Waals surface area (Å²) in [7, 11) is 0. The molecular weight excluding hydrogens is 526 g/mol. The molecule has 0 spiro atoms. The van der Waals surface area contributed by atoms with Crippen LogP contribution in [0.15, 0.2) is 140 Å². The van der Waals surface area contributed by atoms with Crippen molar-refractivity contribution in [2.75, 3.05) is 0 Å². The van der Waals surface area contributed by atoms with E-state index in [0.717, 1.165) is 38.8 Å². The number of hydrogen-bond donors (Lipinski definition) is 0. The first kappa shape index (κ1) is 22.7. The van der Waals surface area contributed by atoms with Crippen LogP contribution in [0.25, 0.3) is 82.3 Å². The molecule has 0 radical (unpaired) electrons. The smallest absolute Gasteiger partial charge is 0.145 e. The molecule has 0 fully saturated rings. The number of para-hydroxylation sites is 3. The fourth-order valence-corrected chi connectivity index (χ4v) is 7.28. The molecule has 5 heteroatoms. The first-order valence-electron chi connectivity index (χ1n) is 14.5. The molecule has 200 valence electrons. The number of hydrogen-bond acceptors (Lipinski definition) is 2. The van der Waals surface area contributed by atoms with Gasteiger partial charge in [-0.2, -0.15) is 0 Å². The van der Waals surface area contributed by atoms with Gasteiger partial charge in [-0.3, -0.25) is 9.38 Å². The average molecular weight is 550 g/mol. The highest BCUT2D eigenvalue weighted by atomic mass is 15.0. The second-order valence-corrected chi connectivity index (χ2v) is 11.1. The van der Waals surface area contributed by atoms with E-state index in [1.54, 1.807) is 0 Å². The molecule has 10 aromatic rings. The fraction of sp³-hybridized carbons (Fsp3) is 0. The summed E-state index contributed by atoms with van der Waals surface area (Å²) in [5.74, 6) is 0. The van der Waals surface area contributed by atoms with Crippen LogP contribution in [0.3, 0.4) is 0 Å². The lowest BCUT2D eigenvalue weighted by Crippen LogP contribution is -1.95. The summed E-state index contributed by atoms with van der Waals surface area (Å²) in [4.78, 5) is 9.31. The summed E-state index contributed by atoms with van der Waals surface area (Å²) in [6, 6.07) is 41.4. The molecule has 0 aliphatic carbocycles. The van der Waals surface area contributed by atoms with Crippen molar-refractivity contribution in [2.24, 2.45) is 0 Å². The summed E-state index contributed by atoms with van der Waals surface area (Å²) >= 11 is 0. The van der Waals surface area contributed by atoms with Crippen LogP contribution in [0.1, 0.15) is 0 Å². The van der Waals surface area contributed by atoms with Crippen LogP contribution in [0.2, 0.25) is 0 Å². The molecule has 5 aromatic carbocycles. The summed E-state index contributed by atoms with van der Waals surface area (Å²) in [6.45, 7) is 0. The van der Waals surface area contributed by atoms with E-state index in [0.29, 0.717) is 0 Å². The lowest BCUT2D eigenvalue weighted by molar-refractivity contribution is 1.17. The molecular formula is C38H23N5. The Bertz CT molecular complexity index is 2710. The zero-order valence-corrected chi connectivity index (χ0v) is 23.0. The van der Waals surface area contributed by atoms with Crippen molar-refractivity contribution in [3.63, 3.8) is 0 Å². The number of aromatic nitrogens is 5. The van der Waals surface area contributed by atoms with Crippen LogP contribution in [-0.4, -0.2) is 23.5 Å². The molecule has 0 bridgehead atoms. The first-order chi connectivity index (χ1) is 21.4. The van der Waals surface area contributed by atoms with Crippen LogP contribution < -0.4 is 0 Å². The minimum atomic E-state index is 0.944. The molecule has 0 aliphatic heterocycles. The maximum atomic E-state index is 4.80. The van der Waals surface area contributed by atoms with E-state index in [-0.39, 0.29) is 0 Å². The standard InChI is InChI=1S/C38H23N5/c1-3-9-24(10-4-1)42-31-14-8-7-13-28(31)34-32(42)18-16-29-35-33(43(37(29)34)25-11-5-2-6-12-25)17-15-26-30-23-39-20-19-27(30)38-40-21-22-41(38)36(26)35/h1-23H. The summed E-state index contributed by atoms with van der Waals surface area (Å²) in [5.41, 5.74) is 9.13. The van der Waals surface area contributed by atoms with Gasteiger partial charge in [0.15, 0.2) is 0 Å². The van der Waals surface area contributed by atoms with Crippen molar-refractivity contribution in [2.45, 2.75) is 0 Å². The third-order valence-electron chi connectivity index (χ3n) is 8.96. The third-order valence-corrected chi connectivity index (χ3v) is 8.96. The van der Waals surface area contributed by atoms with Crippen molar-refractivity contribution in [1.29, 1.82) is 0 Å². The van der Waals surface area contributed by atoms with Gasteiger partial charge in [-0.25, -0.2) is 4.98 Å². The fourth-order valence-electron chi connectivity index (χ4n) is 7.28. The van der Waals surface area contributed by atoms with Crippen molar-refractivity contribution < 1.29 is 0 Å². The van der Waals surface area contributed by atoms with Gasteiger partial charge >= 0.3 is 0 Å². The van der Waals surface area contributed by atoms with E-state index < -0.39 is 0 Å². The van der Waals surface area contributed by atoms with Crippen LogP contribution in [0.4, 0.5) is 0 Å². The van der Waals surface area contributed by atoms with Crippen LogP contribution in [-0.2, 0) is 0 Å². The molecule has 0 amide bonds. The van der Waals surface area contributed by atoms with Crippen molar-refractivity contribution in [3.8, 4) is 11.4 Å². The summed E-state index contributed by atoms with van der Waals surface area (Å²) in [6.07, 6.45) is 7.81. The Morgan fingerprint density at radius 2 is 1.12 bits per heavy atom. The van der Waals surface area contributed by atoms with E-state index in [4.69, 9.17) is 4.98 Å². The number of benzene rings is 5. The van der Waals surface area contributed by atoms with Gasteiger partial charge < -0.3 is 9.13 Å².